The number of rotatable bonds is 3. The molecule has 1 atom stereocenters. The maximum absolute atomic E-state index is 10.3. The minimum absolute atomic E-state index is 0.367. The van der Waals surface area contributed by atoms with E-state index in [4.69, 9.17) is 0 Å². The number of nitrogens with one attached hydrogen (secondary N) is 1. The Labute approximate surface area is 103 Å². The molecule has 1 aliphatic rings. The lowest BCUT2D eigenvalue weighted by atomic mass is 10.0. The van der Waals surface area contributed by atoms with Crippen LogP contribution in [0, 0.1) is 13.8 Å². The molecule has 0 amide bonds. The zero-order valence-electron chi connectivity index (χ0n) is 10.7. The lowest BCUT2D eigenvalue weighted by molar-refractivity contribution is 0.105. The van der Waals surface area contributed by atoms with Gasteiger partial charge in [-0.1, -0.05) is 23.8 Å². The molecule has 1 fully saturated rings. The van der Waals surface area contributed by atoms with Gasteiger partial charge in [0.15, 0.2) is 0 Å². The van der Waals surface area contributed by atoms with Crippen LogP contribution in [0.4, 0.5) is 0 Å². The predicted octanol–water partition coefficient (Wildman–Crippen LogP) is 1.24. The number of benzene rings is 1. The molecule has 0 radical (unpaired) electrons. The van der Waals surface area contributed by atoms with Crippen molar-refractivity contribution in [1.82, 2.24) is 10.2 Å². The van der Waals surface area contributed by atoms with Crippen LogP contribution in [0.3, 0.4) is 0 Å². The molecule has 0 spiro atoms. The van der Waals surface area contributed by atoms with Gasteiger partial charge in [0.05, 0.1) is 6.10 Å². The smallest absolute Gasteiger partial charge is 0.0919 e. The van der Waals surface area contributed by atoms with Crippen molar-refractivity contribution in [2.24, 2.45) is 0 Å². The van der Waals surface area contributed by atoms with Crippen molar-refractivity contribution in [3.8, 4) is 0 Å². The van der Waals surface area contributed by atoms with Crippen LogP contribution in [-0.4, -0.2) is 42.7 Å². The van der Waals surface area contributed by atoms with Crippen molar-refractivity contribution in [2.75, 3.05) is 32.7 Å². The molecule has 94 valence electrons. The van der Waals surface area contributed by atoms with Crippen LogP contribution in [0.25, 0.3) is 0 Å². The highest BCUT2D eigenvalue weighted by Gasteiger charge is 2.16. The van der Waals surface area contributed by atoms with Crippen LogP contribution >= 0.6 is 0 Å². The number of aryl methyl sites for hydroxylation is 2. The summed E-state index contributed by atoms with van der Waals surface area (Å²) in [6.45, 7) is 9.01. The Hall–Kier alpha value is -0.900. The minimum Gasteiger partial charge on any atom is -0.387 e. The number of β-amino-alcohol motifs (C(OH)–C–C–N with tert-alkyl or cyclic N) is 1. The van der Waals surface area contributed by atoms with Crippen LogP contribution in [0.2, 0.25) is 0 Å². The first-order valence-corrected chi connectivity index (χ1v) is 6.35. The fraction of sp³-hybridized carbons (Fsp3) is 0.571. The van der Waals surface area contributed by atoms with Gasteiger partial charge in [0, 0.05) is 32.7 Å². The van der Waals surface area contributed by atoms with E-state index < -0.39 is 0 Å². The molecular weight excluding hydrogens is 212 g/mol. The minimum atomic E-state index is -0.367. The number of nitrogens with zero attached hydrogens (tertiary/aromatic N) is 1. The Balaban J connectivity index is 2.00. The van der Waals surface area contributed by atoms with Crippen LogP contribution < -0.4 is 5.32 Å². The van der Waals surface area contributed by atoms with Crippen molar-refractivity contribution in [3.05, 3.63) is 34.9 Å². The molecule has 17 heavy (non-hydrogen) atoms. The number of aliphatic hydroxyl groups is 1. The van der Waals surface area contributed by atoms with E-state index in [1.54, 1.807) is 0 Å². The summed E-state index contributed by atoms with van der Waals surface area (Å²) >= 11 is 0. The summed E-state index contributed by atoms with van der Waals surface area (Å²) in [5.74, 6) is 0. The van der Waals surface area contributed by atoms with Crippen LogP contribution in [-0.2, 0) is 0 Å². The van der Waals surface area contributed by atoms with E-state index in [1.165, 1.54) is 11.1 Å². The summed E-state index contributed by atoms with van der Waals surface area (Å²) in [6.07, 6.45) is -0.367. The van der Waals surface area contributed by atoms with E-state index in [9.17, 15) is 5.11 Å². The molecule has 1 aromatic carbocycles. The highest BCUT2D eigenvalue weighted by molar-refractivity contribution is 5.32. The van der Waals surface area contributed by atoms with Crippen molar-refractivity contribution >= 4 is 0 Å². The van der Waals surface area contributed by atoms with Gasteiger partial charge in [0.1, 0.15) is 0 Å². The molecule has 1 heterocycles. The molecule has 0 aromatic heterocycles. The third kappa shape index (κ3) is 3.28. The Morgan fingerprint density at radius 1 is 1.29 bits per heavy atom. The molecule has 0 bridgehead atoms. The van der Waals surface area contributed by atoms with Crippen molar-refractivity contribution < 1.29 is 5.11 Å². The van der Waals surface area contributed by atoms with Crippen LogP contribution in [0.15, 0.2) is 18.2 Å². The standard InChI is InChI=1S/C14H22N2O/c1-11-3-4-13(12(2)9-11)14(17)10-16-7-5-15-6-8-16/h3-4,9,14-15,17H,5-8,10H2,1-2H3. The second-order valence-electron chi connectivity index (χ2n) is 4.93. The molecule has 2 N–H and O–H groups in total. The van der Waals surface area contributed by atoms with Crippen LogP contribution in [0.1, 0.15) is 22.8 Å². The molecule has 2 rings (SSSR count). The van der Waals surface area contributed by atoms with Crippen molar-refractivity contribution in [3.63, 3.8) is 0 Å². The highest BCUT2D eigenvalue weighted by atomic mass is 16.3. The Kier molecular flexibility index (Phi) is 4.15. The molecule has 1 unspecified atom stereocenters. The topological polar surface area (TPSA) is 35.5 Å². The average molecular weight is 234 g/mol. The third-order valence-corrected chi connectivity index (χ3v) is 3.43. The van der Waals surface area contributed by atoms with E-state index in [-0.39, 0.29) is 6.10 Å². The first kappa shape index (κ1) is 12.6. The molecular formula is C14H22N2O. The normalized spacial score (nSPS) is 19.2. The third-order valence-electron chi connectivity index (χ3n) is 3.43. The number of hydrogen-bond donors (Lipinski definition) is 2. The van der Waals surface area contributed by atoms with Gasteiger partial charge < -0.3 is 10.4 Å². The molecule has 3 heteroatoms. The quantitative estimate of drug-likeness (QED) is 0.826. The maximum atomic E-state index is 10.3. The predicted molar refractivity (Wildman–Crippen MR) is 70.2 cm³/mol. The van der Waals surface area contributed by atoms with E-state index in [1.807, 2.05) is 0 Å². The molecule has 0 aliphatic carbocycles. The lowest BCUT2D eigenvalue weighted by Gasteiger charge is -2.29. The van der Waals surface area contributed by atoms with Gasteiger partial charge in [-0.25, -0.2) is 0 Å². The number of hydrogen-bond acceptors (Lipinski definition) is 3. The Bertz CT molecular complexity index is 372. The second-order valence-corrected chi connectivity index (χ2v) is 4.93. The van der Waals surface area contributed by atoms with Gasteiger partial charge in [-0.2, -0.15) is 0 Å². The second kappa shape index (κ2) is 5.63. The molecule has 0 saturated carbocycles. The first-order valence-electron chi connectivity index (χ1n) is 6.35. The van der Waals surface area contributed by atoms with E-state index in [0.717, 1.165) is 38.3 Å². The van der Waals surface area contributed by atoms with E-state index in [2.05, 4.69) is 42.3 Å². The van der Waals surface area contributed by atoms with Crippen molar-refractivity contribution in [1.29, 1.82) is 0 Å². The molecule has 1 saturated heterocycles. The van der Waals surface area contributed by atoms with Gasteiger partial charge >= 0.3 is 0 Å². The summed E-state index contributed by atoms with van der Waals surface area (Å²) in [7, 11) is 0. The largest absolute Gasteiger partial charge is 0.387 e. The van der Waals surface area contributed by atoms with Gasteiger partial charge in [0.2, 0.25) is 0 Å². The zero-order chi connectivity index (χ0) is 12.3. The van der Waals surface area contributed by atoms with Gasteiger partial charge in [-0.15, -0.1) is 0 Å². The fourth-order valence-corrected chi connectivity index (χ4v) is 2.44. The number of piperazine rings is 1. The molecule has 3 nitrogen and oxygen atoms in total. The van der Waals surface area contributed by atoms with Crippen molar-refractivity contribution in [2.45, 2.75) is 20.0 Å². The van der Waals surface area contributed by atoms with Gasteiger partial charge in [0.25, 0.3) is 0 Å². The van der Waals surface area contributed by atoms with E-state index in [0.29, 0.717) is 0 Å². The zero-order valence-corrected chi connectivity index (χ0v) is 10.7. The molecule has 1 aromatic rings. The van der Waals surface area contributed by atoms with Gasteiger partial charge in [-0.3, -0.25) is 4.90 Å². The Morgan fingerprint density at radius 2 is 2.00 bits per heavy atom. The molecule has 1 aliphatic heterocycles. The average Bonchev–Trinajstić information content (AvgIpc) is 2.30. The summed E-state index contributed by atoms with van der Waals surface area (Å²) < 4.78 is 0. The van der Waals surface area contributed by atoms with Crippen LogP contribution in [0.5, 0.6) is 0 Å². The first-order chi connectivity index (χ1) is 8.16. The summed E-state index contributed by atoms with van der Waals surface area (Å²) in [5.41, 5.74) is 3.50. The maximum Gasteiger partial charge on any atom is 0.0919 e. The van der Waals surface area contributed by atoms with E-state index >= 15 is 0 Å². The summed E-state index contributed by atoms with van der Waals surface area (Å²) in [5, 5.41) is 13.6. The van der Waals surface area contributed by atoms with Gasteiger partial charge in [-0.05, 0) is 25.0 Å². The summed E-state index contributed by atoms with van der Waals surface area (Å²) in [4.78, 5) is 2.32. The highest BCUT2D eigenvalue weighted by Crippen LogP contribution is 2.20. The Morgan fingerprint density at radius 3 is 2.65 bits per heavy atom. The summed E-state index contributed by atoms with van der Waals surface area (Å²) in [6, 6.07) is 6.26. The SMILES string of the molecule is Cc1ccc(C(O)CN2CCNCC2)c(C)c1. The lowest BCUT2D eigenvalue weighted by Crippen LogP contribution is -2.45. The fourth-order valence-electron chi connectivity index (χ4n) is 2.44. The monoisotopic (exact) mass is 234 g/mol. The number of aliphatic hydroxyl groups excluding tert-OH is 1.